The van der Waals surface area contributed by atoms with Gasteiger partial charge in [0.25, 0.3) is 0 Å². The van der Waals surface area contributed by atoms with E-state index in [2.05, 4.69) is 30.3 Å². The summed E-state index contributed by atoms with van der Waals surface area (Å²) in [6, 6.07) is 10.5. The fraction of sp³-hybridized carbons (Fsp3) is 0.550. The maximum atomic E-state index is 11.8. The molecule has 0 radical (unpaired) electrons. The summed E-state index contributed by atoms with van der Waals surface area (Å²) in [6.45, 7) is 3.27. The van der Waals surface area contributed by atoms with Gasteiger partial charge in [0.05, 0.1) is 26.2 Å². The zero-order valence-electron chi connectivity index (χ0n) is 14.3. The van der Waals surface area contributed by atoms with E-state index in [1.807, 2.05) is 13.0 Å². The van der Waals surface area contributed by atoms with Gasteiger partial charge < -0.3 is 14.2 Å². The minimum atomic E-state index is -0.811. The average Bonchev–Trinajstić information content (AvgIpc) is 3.33. The molecule has 1 aromatic rings. The van der Waals surface area contributed by atoms with Gasteiger partial charge in [0.15, 0.2) is 5.79 Å². The Labute approximate surface area is 143 Å². The highest BCUT2D eigenvalue weighted by Gasteiger charge is 2.39. The summed E-state index contributed by atoms with van der Waals surface area (Å²) in [5, 5.41) is 0. The SMILES string of the molecule is CCOC(=O)CC1(CC/C=C(\c2ccccc2)C2CC2)OCCO1. The normalized spacial score (nSPS) is 20.1. The van der Waals surface area contributed by atoms with Crippen LogP contribution in [0.5, 0.6) is 0 Å². The van der Waals surface area contributed by atoms with Crippen LogP contribution in [0.4, 0.5) is 0 Å². The lowest BCUT2D eigenvalue weighted by molar-refractivity contribution is -0.184. The van der Waals surface area contributed by atoms with Crippen molar-refractivity contribution in [2.45, 2.75) is 44.8 Å². The third kappa shape index (κ3) is 4.46. The van der Waals surface area contributed by atoms with E-state index in [1.54, 1.807) is 0 Å². The van der Waals surface area contributed by atoms with E-state index in [1.165, 1.54) is 24.0 Å². The van der Waals surface area contributed by atoms with Crippen molar-refractivity contribution in [3.05, 3.63) is 42.0 Å². The number of carbonyl (C=O) groups is 1. The zero-order valence-corrected chi connectivity index (χ0v) is 14.3. The number of allylic oxidation sites excluding steroid dienone is 2. The van der Waals surface area contributed by atoms with E-state index in [9.17, 15) is 4.79 Å². The molecule has 0 aromatic heterocycles. The molecule has 0 bridgehead atoms. The molecule has 1 aliphatic heterocycles. The minimum Gasteiger partial charge on any atom is -0.466 e. The number of hydrogen-bond donors (Lipinski definition) is 0. The van der Waals surface area contributed by atoms with Crippen molar-refractivity contribution >= 4 is 11.5 Å². The van der Waals surface area contributed by atoms with Gasteiger partial charge in [-0.15, -0.1) is 0 Å². The Balaban J connectivity index is 1.64. The Hall–Kier alpha value is -1.65. The summed E-state index contributed by atoms with van der Waals surface area (Å²) in [5.74, 6) is -0.388. The smallest absolute Gasteiger partial charge is 0.311 e. The summed E-state index contributed by atoms with van der Waals surface area (Å²) < 4.78 is 16.6. The molecule has 130 valence electrons. The van der Waals surface area contributed by atoms with Crippen LogP contribution in [0.1, 0.15) is 44.6 Å². The highest BCUT2D eigenvalue weighted by atomic mass is 16.7. The second-order valence-corrected chi connectivity index (χ2v) is 6.43. The molecule has 4 heteroatoms. The lowest BCUT2D eigenvalue weighted by atomic mass is 9.98. The molecular formula is C20H26O4. The predicted molar refractivity (Wildman–Crippen MR) is 92.3 cm³/mol. The van der Waals surface area contributed by atoms with Gasteiger partial charge in [0.2, 0.25) is 0 Å². The van der Waals surface area contributed by atoms with Gasteiger partial charge >= 0.3 is 5.97 Å². The first-order valence-corrected chi connectivity index (χ1v) is 8.91. The lowest BCUT2D eigenvalue weighted by Crippen LogP contribution is -2.33. The zero-order chi connectivity index (χ0) is 16.8. The fourth-order valence-electron chi connectivity index (χ4n) is 3.26. The van der Waals surface area contributed by atoms with Gasteiger partial charge in [-0.25, -0.2) is 0 Å². The molecule has 2 fully saturated rings. The molecule has 1 saturated carbocycles. The average molecular weight is 330 g/mol. The maximum absolute atomic E-state index is 11.8. The Kier molecular flexibility index (Phi) is 5.69. The third-order valence-corrected chi connectivity index (χ3v) is 4.55. The molecule has 1 saturated heterocycles. The highest BCUT2D eigenvalue weighted by molar-refractivity contribution is 5.70. The van der Waals surface area contributed by atoms with Gasteiger partial charge in [-0.2, -0.15) is 0 Å². The van der Waals surface area contributed by atoms with E-state index < -0.39 is 5.79 Å². The van der Waals surface area contributed by atoms with Crippen molar-refractivity contribution in [1.29, 1.82) is 0 Å². The van der Waals surface area contributed by atoms with Gasteiger partial charge in [0.1, 0.15) is 0 Å². The molecular weight excluding hydrogens is 304 g/mol. The van der Waals surface area contributed by atoms with Crippen LogP contribution < -0.4 is 0 Å². The molecule has 0 atom stereocenters. The van der Waals surface area contributed by atoms with Gasteiger partial charge in [0, 0.05) is 6.42 Å². The van der Waals surface area contributed by atoms with Gasteiger partial charge in [-0.05, 0) is 43.2 Å². The second kappa shape index (κ2) is 7.95. The molecule has 2 aliphatic rings. The maximum Gasteiger partial charge on any atom is 0.311 e. The summed E-state index contributed by atoms with van der Waals surface area (Å²) in [5.41, 5.74) is 2.72. The monoisotopic (exact) mass is 330 g/mol. The van der Waals surface area contributed by atoms with Crippen molar-refractivity contribution in [1.82, 2.24) is 0 Å². The van der Waals surface area contributed by atoms with Crippen LogP contribution in [-0.4, -0.2) is 31.6 Å². The molecule has 1 aromatic carbocycles. The summed E-state index contributed by atoms with van der Waals surface area (Å²) in [4.78, 5) is 11.8. The summed E-state index contributed by atoms with van der Waals surface area (Å²) >= 11 is 0. The van der Waals surface area contributed by atoms with E-state index >= 15 is 0 Å². The first-order valence-electron chi connectivity index (χ1n) is 8.91. The topological polar surface area (TPSA) is 44.8 Å². The van der Waals surface area contributed by atoms with E-state index in [0.29, 0.717) is 32.2 Å². The molecule has 1 aliphatic carbocycles. The number of carbonyl (C=O) groups excluding carboxylic acids is 1. The minimum absolute atomic E-state index is 0.165. The quantitative estimate of drug-likeness (QED) is 0.677. The van der Waals surface area contributed by atoms with E-state index in [-0.39, 0.29) is 12.4 Å². The van der Waals surface area contributed by atoms with Gasteiger partial charge in [-0.3, -0.25) is 4.79 Å². The number of rotatable bonds is 8. The fourth-order valence-corrected chi connectivity index (χ4v) is 3.26. The number of esters is 1. The second-order valence-electron chi connectivity index (χ2n) is 6.43. The van der Waals surface area contributed by atoms with Crippen LogP contribution in [0.25, 0.3) is 5.57 Å². The van der Waals surface area contributed by atoms with E-state index in [4.69, 9.17) is 14.2 Å². The largest absolute Gasteiger partial charge is 0.466 e. The van der Waals surface area contributed by atoms with Crippen LogP contribution in [-0.2, 0) is 19.0 Å². The lowest BCUT2D eigenvalue weighted by Gasteiger charge is -2.26. The first kappa shape index (κ1) is 17.2. The van der Waals surface area contributed by atoms with E-state index in [0.717, 1.165) is 6.42 Å². The van der Waals surface area contributed by atoms with Gasteiger partial charge in [-0.1, -0.05) is 36.4 Å². The van der Waals surface area contributed by atoms with Crippen LogP contribution in [0, 0.1) is 5.92 Å². The van der Waals surface area contributed by atoms with Crippen molar-refractivity contribution in [3.63, 3.8) is 0 Å². The first-order chi connectivity index (χ1) is 11.7. The van der Waals surface area contributed by atoms with Crippen molar-refractivity contribution in [2.24, 2.45) is 5.92 Å². The van der Waals surface area contributed by atoms with Crippen LogP contribution in [0.3, 0.4) is 0 Å². The van der Waals surface area contributed by atoms with Crippen molar-refractivity contribution < 1.29 is 19.0 Å². The highest BCUT2D eigenvalue weighted by Crippen LogP contribution is 2.42. The van der Waals surface area contributed by atoms with Crippen molar-refractivity contribution in [3.8, 4) is 0 Å². The molecule has 3 rings (SSSR count). The molecule has 4 nitrogen and oxygen atoms in total. The Morgan fingerprint density at radius 2 is 1.96 bits per heavy atom. The molecule has 0 spiro atoms. The van der Waals surface area contributed by atoms with Crippen molar-refractivity contribution in [2.75, 3.05) is 19.8 Å². The molecule has 0 unspecified atom stereocenters. The molecule has 1 heterocycles. The summed E-state index contributed by atoms with van der Waals surface area (Å²) in [7, 11) is 0. The Morgan fingerprint density at radius 1 is 1.25 bits per heavy atom. The number of hydrogen-bond acceptors (Lipinski definition) is 4. The number of benzene rings is 1. The molecule has 0 N–H and O–H groups in total. The Bertz CT molecular complexity index is 569. The van der Waals surface area contributed by atoms with Crippen LogP contribution in [0.15, 0.2) is 36.4 Å². The van der Waals surface area contributed by atoms with Crippen LogP contribution >= 0.6 is 0 Å². The summed E-state index contributed by atoms with van der Waals surface area (Å²) in [6.07, 6.45) is 6.50. The van der Waals surface area contributed by atoms with Crippen LogP contribution in [0.2, 0.25) is 0 Å². The number of ether oxygens (including phenoxy) is 3. The molecule has 0 amide bonds. The molecule has 24 heavy (non-hydrogen) atoms. The predicted octanol–water partition coefficient (Wildman–Crippen LogP) is 3.96. The standard InChI is InChI=1S/C20H26O4/c1-2-22-19(21)15-20(23-13-14-24-20)12-6-9-18(17-10-11-17)16-7-4-3-5-8-16/h3-5,7-9,17H,2,6,10-15H2,1H3/b18-9+. The Morgan fingerprint density at radius 3 is 2.58 bits per heavy atom. The third-order valence-electron chi connectivity index (χ3n) is 4.55.